The van der Waals surface area contributed by atoms with Crippen molar-refractivity contribution in [1.29, 1.82) is 0 Å². The lowest BCUT2D eigenvalue weighted by atomic mass is 10.1. The van der Waals surface area contributed by atoms with Crippen LogP contribution < -0.4 is 15.4 Å². The topological polar surface area (TPSA) is 67.4 Å². The van der Waals surface area contributed by atoms with Gasteiger partial charge in [-0.3, -0.25) is 9.59 Å². The number of benzene rings is 2. The van der Waals surface area contributed by atoms with Crippen molar-refractivity contribution in [3.05, 3.63) is 47.8 Å². The van der Waals surface area contributed by atoms with Crippen LogP contribution >= 0.6 is 11.8 Å². The molecule has 7 heteroatoms. The molecule has 1 aliphatic heterocycles. The quantitative estimate of drug-likeness (QED) is 0.906. The molecule has 0 radical (unpaired) electrons. The molecule has 0 aliphatic carbocycles. The van der Waals surface area contributed by atoms with Crippen LogP contribution in [0.25, 0.3) is 0 Å². The average Bonchev–Trinajstić information content (AvgIpc) is 2.54. The molecule has 3 rings (SSSR count). The fraction of sp³-hybridized carbons (Fsp3) is 0.125. The molecule has 1 heterocycles. The van der Waals surface area contributed by atoms with E-state index >= 15 is 0 Å². The van der Waals surface area contributed by atoms with Crippen LogP contribution in [0.4, 0.5) is 15.8 Å². The summed E-state index contributed by atoms with van der Waals surface area (Å²) in [5.74, 6) is -0.441. The van der Waals surface area contributed by atoms with E-state index in [0.717, 1.165) is 11.0 Å². The summed E-state index contributed by atoms with van der Waals surface area (Å²) in [4.78, 5) is 24.7. The predicted octanol–water partition coefficient (Wildman–Crippen LogP) is 3.13. The summed E-state index contributed by atoms with van der Waals surface area (Å²) < 4.78 is 18.4. The standard InChI is InChI=1S/C16H13FN2O3S/c1-22-13-4-2-9(17)6-11(13)16(21)18-10-3-5-14-12(7-10)19-15(20)8-23-14/h2-7H,8H2,1H3,(H,18,21)(H,19,20). The molecular formula is C16H13FN2O3S. The lowest BCUT2D eigenvalue weighted by Gasteiger charge is -2.17. The second kappa shape index (κ2) is 6.29. The summed E-state index contributed by atoms with van der Waals surface area (Å²) in [7, 11) is 1.41. The highest BCUT2D eigenvalue weighted by Crippen LogP contribution is 2.33. The van der Waals surface area contributed by atoms with E-state index in [-0.39, 0.29) is 17.2 Å². The number of ether oxygens (including phenoxy) is 1. The Bertz CT molecular complexity index is 795. The third-order valence-electron chi connectivity index (χ3n) is 3.28. The number of fused-ring (bicyclic) bond motifs is 1. The maximum Gasteiger partial charge on any atom is 0.259 e. The van der Waals surface area contributed by atoms with E-state index in [1.807, 2.05) is 6.07 Å². The maximum atomic E-state index is 13.4. The van der Waals surface area contributed by atoms with Gasteiger partial charge in [0.2, 0.25) is 5.91 Å². The van der Waals surface area contributed by atoms with Crippen LogP contribution in [-0.4, -0.2) is 24.7 Å². The molecule has 0 aromatic heterocycles. The minimum absolute atomic E-state index is 0.0854. The van der Waals surface area contributed by atoms with Crippen LogP contribution in [0, 0.1) is 5.82 Å². The highest BCUT2D eigenvalue weighted by atomic mass is 32.2. The molecule has 0 unspecified atom stereocenters. The molecule has 118 valence electrons. The summed E-state index contributed by atoms with van der Waals surface area (Å²) in [6.45, 7) is 0. The van der Waals surface area contributed by atoms with E-state index in [1.165, 1.54) is 31.0 Å². The summed E-state index contributed by atoms with van der Waals surface area (Å²) in [5, 5.41) is 5.43. The third-order valence-corrected chi connectivity index (χ3v) is 4.35. The normalized spacial score (nSPS) is 13.0. The number of anilines is 2. The van der Waals surface area contributed by atoms with Crippen LogP contribution in [0.15, 0.2) is 41.3 Å². The van der Waals surface area contributed by atoms with Crippen molar-refractivity contribution < 1.29 is 18.7 Å². The molecule has 0 atom stereocenters. The number of nitrogens with one attached hydrogen (secondary N) is 2. The van der Waals surface area contributed by atoms with E-state index in [2.05, 4.69) is 10.6 Å². The Morgan fingerprint density at radius 2 is 2.13 bits per heavy atom. The lowest BCUT2D eigenvalue weighted by Crippen LogP contribution is -2.19. The number of carbonyl (C=O) groups is 2. The Morgan fingerprint density at radius 1 is 1.30 bits per heavy atom. The zero-order valence-electron chi connectivity index (χ0n) is 12.2. The number of amides is 2. The van der Waals surface area contributed by atoms with Gasteiger partial charge in [-0.1, -0.05) is 0 Å². The molecule has 2 amide bonds. The van der Waals surface area contributed by atoms with Gasteiger partial charge in [0, 0.05) is 10.6 Å². The van der Waals surface area contributed by atoms with Gasteiger partial charge < -0.3 is 15.4 Å². The Balaban J connectivity index is 1.85. The van der Waals surface area contributed by atoms with Crippen LogP contribution in [0.3, 0.4) is 0 Å². The van der Waals surface area contributed by atoms with Gasteiger partial charge in [-0.15, -0.1) is 11.8 Å². The van der Waals surface area contributed by atoms with Crippen LogP contribution in [0.5, 0.6) is 5.75 Å². The molecule has 23 heavy (non-hydrogen) atoms. The lowest BCUT2D eigenvalue weighted by molar-refractivity contribution is -0.113. The van der Waals surface area contributed by atoms with Crippen molar-refractivity contribution in [1.82, 2.24) is 0 Å². The average molecular weight is 332 g/mol. The van der Waals surface area contributed by atoms with E-state index in [0.29, 0.717) is 17.1 Å². The van der Waals surface area contributed by atoms with Crippen molar-refractivity contribution in [2.75, 3.05) is 23.5 Å². The SMILES string of the molecule is COc1ccc(F)cc1C(=O)Nc1ccc2c(c1)NC(=O)CS2. The van der Waals surface area contributed by atoms with Crippen molar-refractivity contribution in [3.63, 3.8) is 0 Å². The van der Waals surface area contributed by atoms with Crippen LogP contribution in [0.1, 0.15) is 10.4 Å². The first-order valence-corrected chi connectivity index (χ1v) is 7.77. The fourth-order valence-electron chi connectivity index (χ4n) is 2.22. The first kappa shape index (κ1) is 15.4. The van der Waals surface area contributed by atoms with Crippen LogP contribution in [0.2, 0.25) is 0 Å². The Kier molecular flexibility index (Phi) is 4.20. The number of rotatable bonds is 3. The highest BCUT2D eigenvalue weighted by molar-refractivity contribution is 8.00. The number of hydrogen-bond donors (Lipinski definition) is 2. The van der Waals surface area contributed by atoms with E-state index in [4.69, 9.17) is 4.74 Å². The number of carbonyl (C=O) groups excluding carboxylic acids is 2. The van der Waals surface area contributed by atoms with Crippen LogP contribution in [-0.2, 0) is 4.79 Å². The zero-order valence-corrected chi connectivity index (χ0v) is 13.0. The summed E-state index contributed by atoms with van der Waals surface area (Å²) in [6, 6.07) is 8.95. The van der Waals surface area contributed by atoms with Crippen molar-refractivity contribution in [2.45, 2.75) is 4.90 Å². The second-order valence-electron chi connectivity index (χ2n) is 4.85. The first-order chi connectivity index (χ1) is 11.1. The van der Waals surface area contributed by atoms with E-state index in [9.17, 15) is 14.0 Å². The summed E-state index contributed by atoms with van der Waals surface area (Å²) in [6.07, 6.45) is 0. The Hall–Kier alpha value is -2.54. The maximum absolute atomic E-state index is 13.4. The van der Waals surface area contributed by atoms with Crippen molar-refractivity contribution >= 4 is 35.0 Å². The molecule has 5 nitrogen and oxygen atoms in total. The Morgan fingerprint density at radius 3 is 2.91 bits per heavy atom. The van der Waals surface area contributed by atoms with Gasteiger partial charge in [0.1, 0.15) is 11.6 Å². The molecule has 2 N–H and O–H groups in total. The van der Waals surface area contributed by atoms with Gasteiger partial charge in [-0.05, 0) is 36.4 Å². The predicted molar refractivity (Wildman–Crippen MR) is 86.7 cm³/mol. The fourth-order valence-corrected chi connectivity index (χ4v) is 3.01. The zero-order chi connectivity index (χ0) is 16.4. The van der Waals surface area contributed by atoms with Gasteiger partial charge in [0.15, 0.2) is 0 Å². The molecule has 2 aromatic rings. The molecule has 1 aliphatic rings. The molecular weight excluding hydrogens is 319 g/mol. The van der Waals surface area contributed by atoms with Crippen molar-refractivity contribution in [3.8, 4) is 5.75 Å². The second-order valence-corrected chi connectivity index (χ2v) is 5.86. The number of hydrogen-bond acceptors (Lipinski definition) is 4. The van der Waals surface area contributed by atoms with Gasteiger partial charge in [0.05, 0.1) is 24.1 Å². The minimum Gasteiger partial charge on any atom is -0.496 e. The van der Waals surface area contributed by atoms with E-state index < -0.39 is 11.7 Å². The van der Waals surface area contributed by atoms with Gasteiger partial charge >= 0.3 is 0 Å². The number of methoxy groups -OCH3 is 1. The smallest absolute Gasteiger partial charge is 0.259 e. The highest BCUT2D eigenvalue weighted by Gasteiger charge is 2.17. The molecule has 2 aromatic carbocycles. The molecule has 0 fully saturated rings. The number of thioether (sulfide) groups is 1. The summed E-state index contributed by atoms with van der Waals surface area (Å²) >= 11 is 1.43. The number of halogens is 1. The molecule has 0 saturated carbocycles. The van der Waals surface area contributed by atoms with Gasteiger partial charge in [-0.2, -0.15) is 0 Å². The summed E-state index contributed by atoms with van der Waals surface area (Å²) in [5.41, 5.74) is 1.25. The van der Waals surface area contributed by atoms with Gasteiger partial charge in [0.25, 0.3) is 5.91 Å². The molecule has 0 spiro atoms. The first-order valence-electron chi connectivity index (χ1n) is 6.78. The monoisotopic (exact) mass is 332 g/mol. The third kappa shape index (κ3) is 3.29. The van der Waals surface area contributed by atoms with E-state index in [1.54, 1.807) is 12.1 Å². The Labute approximate surface area is 136 Å². The minimum atomic E-state index is -0.523. The molecule has 0 bridgehead atoms. The van der Waals surface area contributed by atoms with Gasteiger partial charge in [-0.25, -0.2) is 4.39 Å². The van der Waals surface area contributed by atoms with Crippen molar-refractivity contribution in [2.24, 2.45) is 0 Å². The largest absolute Gasteiger partial charge is 0.496 e. The molecule has 0 saturated heterocycles.